The summed E-state index contributed by atoms with van der Waals surface area (Å²) in [6.07, 6.45) is 0. The van der Waals surface area contributed by atoms with Crippen LogP contribution in [0, 0.1) is 6.92 Å². The molecule has 1 aromatic carbocycles. The number of esters is 1. The van der Waals surface area contributed by atoms with Gasteiger partial charge in [-0.3, -0.25) is 9.69 Å². The standard InChI is InChI=1S/C22H26N4O4S/c1-4-30-22(28)19-14(2)18-20(27)23-17(24-21(18)31-19)13-25-9-11-26(12-10-25)15-7-5-6-8-16(15)29-3/h5-8H,4,9-13H2,1-3H3,(H,23,24,27). The molecule has 0 amide bonds. The van der Waals surface area contributed by atoms with E-state index in [0.717, 1.165) is 37.6 Å². The number of carbonyl (C=O) groups excluding carboxylic acids is 1. The Balaban J connectivity index is 1.48. The number of nitrogens with zero attached hydrogens (tertiary/aromatic N) is 3. The maximum atomic E-state index is 12.7. The predicted molar refractivity (Wildman–Crippen MR) is 121 cm³/mol. The van der Waals surface area contributed by atoms with Crippen molar-refractivity contribution >= 4 is 33.2 Å². The zero-order chi connectivity index (χ0) is 22.0. The molecule has 8 nitrogen and oxygen atoms in total. The molecule has 0 radical (unpaired) electrons. The molecular weight excluding hydrogens is 416 g/mol. The van der Waals surface area contributed by atoms with E-state index in [4.69, 9.17) is 9.47 Å². The number of methoxy groups -OCH3 is 1. The molecule has 1 aliphatic rings. The molecule has 3 aromatic rings. The van der Waals surface area contributed by atoms with Gasteiger partial charge in [0.05, 0.1) is 31.3 Å². The molecule has 0 unspecified atom stereocenters. The Morgan fingerprint density at radius 3 is 2.68 bits per heavy atom. The van der Waals surface area contributed by atoms with E-state index in [2.05, 4.69) is 25.8 Å². The first kappa shape index (κ1) is 21.3. The number of para-hydroxylation sites is 2. The summed E-state index contributed by atoms with van der Waals surface area (Å²) in [6, 6.07) is 8.03. The van der Waals surface area contributed by atoms with Gasteiger partial charge in [-0.1, -0.05) is 12.1 Å². The minimum Gasteiger partial charge on any atom is -0.495 e. The topological polar surface area (TPSA) is 87.8 Å². The van der Waals surface area contributed by atoms with Gasteiger partial charge in [-0.05, 0) is 31.5 Å². The van der Waals surface area contributed by atoms with E-state index in [0.29, 0.717) is 39.6 Å². The third-order valence-electron chi connectivity index (χ3n) is 5.48. The monoisotopic (exact) mass is 442 g/mol. The first-order chi connectivity index (χ1) is 15.0. The molecule has 1 aliphatic heterocycles. The first-order valence-electron chi connectivity index (χ1n) is 10.3. The molecule has 3 heterocycles. The number of aryl methyl sites for hydroxylation is 1. The molecule has 1 saturated heterocycles. The van der Waals surface area contributed by atoms with E-state index in [1.54, 1.807) is 21.0 Å². The zero-order valence-electron chi connectivity index (χ0n) is 17.9. The van der Waals surface area contributed by atoms with Crippen LogP contribution in [0.15, 0.2) is 29.1 Å². The van der Waals surface area contributed by atoms with Gasteiger partial charge in [0.15, 0.2) is 0 Å². The number of hydrogen-bond donors (Lipinski definition) is 1. The summed E-state index contributed by atoms with van der Waals surface area (Å²) < 4.78 is 10.6. The predicted octanol–water partition coefficient (Wildman–Crippen LogP) is 2.80. The van der Waals surface area contributed by atoms with Crippen LogP contribution in [0.5, 0.6) is 5.75 Å². The lowest BCUT2D eigenvalue weighted by atomic mass is 10.2. The number of aromatic amines is 1. The van der Waals surface area contributed by atoms with Gasteiger partial charge in [0.2, 0.25) is 0 Å². The minimum atomic E-state index is -0.406. The lowest BCUT2D eigenvalue weighted by molar-refractivity contribution is 0.0531. The summed E-state index contributed by atoms with van der Waals surface area (Å²) in [5.41, 5.74) is 1.51. The SMILES string of the molecule is CCOC(=O)c1sc2nc(CN3CCN(c4ccccc4OC)CC3)[nH]c(=O)c2c1C. The molecule has 2 aromatic heterocycles. The summed E-state index contributed by atoms with van der Waals surface area (Å²) in [6.45, 7) is 7.78. The highest BCUT2D eigenvalue weighted by Gasteiger charge is 2.23. The van der Waals surface area contributed by atoms with Gasteiger partial charge >= 0.3 is 5.97 Å². The number of rotatable bonds is 6. The van der Waals surface area contributed by atoms with Crippen LogP contribution in [0.4, 0.5) is 5.69 Å². The van der Waals surface area contributed by atoms with Gasteiger partial charge in [-0.15, -0.1) is 11.3 Å². The average Bonchev–Trinajstić information content (AvgIpc) is 3.11. The van der Waals surface area contributed by atoms with Gasteiger partial charge in [-0.25, -0.2) is 9.78 Å². The van der Waals surface area contributed by atoms with Gasteiger partial charge < -0.3 is 19.4 Å². The van der Waals surface area contributed by atoms with Gasteiger partial charge in [-0.2, -0.15) is 0 Å². The zero-order valence-corrected chi connectivity index (χ0v) is 18.8. The van der Waals surface area contributed by atoms with Gasteiger partial charge in [0, 0.05) is 26.2 Å². The van der Waals surface area contributed by atoms with E-state index in [-0.39, 0.29) is 5.56 Å². The third kappa shape index (κ3) is 4.28. The second-order valence-corrected chi connectivity index (χ2v) is 8.40. The summed E-state index contributed by atoms with van der Waals surface area (Å²) in [5.74, 6) is 1.08. The van der Waals surface area contributed by atoms with Crippen LogP contribution in [0.25, 0.3) is 10.2 Å². The quantitative estimate of drug-likeness (QED) is 0.587. The third-order valence-corrected chi connectivity index (χ3v) is 6.65. The fourth-order valence-electron chi connectivity index (χ4n) is 3.90. The number of ether oxygens (including phenoxy) is 2. The maximum Gasteiger partial charge on any atom is 0.348 e. The molecule has 0 atom stereocenters. The fraction of sp³-hybridized carbons (Fsp3) is 0.409. The van der Waals surface area contributed by atoms with Crippen molar-refractivity contribution in [2.24, 2.45) is 0 Å². The van der Waals surface area contributed by atoms with Crippen molar-refractivity contribution in [3.63, 3.8) is 0 Å². The van der Waals surface area contributed by atoms with Crippen molar-refractivity contribution in [3.05, 3.63) is 50.9 Å². The lowest BCUT2D eigenvalue weighted by Gasteiger charge is -2.36. The van der Waals surface area contributed by atoms with Crippen molar-refractivity contribution < 1.29 is 14.3 Å². The minimum absolute atomic E-state index is 0.211. The fourth-order valence-corrected chi connectivity index (χ4v) is 5.00. The number of benzene rings is 1. The molecule has 0 bridgehead atoms. The van der Waals surface area contributed by atoms with Crippen LogP contribution < -0.4 is 15.2 Å². The molecule has 0 aliphatic carbocycles. The summed E-state index contributed by atoms with van der Waals surface area (Å²) in [7, 11) is 1.69. The highest BCUT2D eigenvalue weighted by Crippen LogP contribution is 2.29. The van der Waals surface area contributed by atoms with Crippen molar-refractivity contribution in [1.82, 2.24) is 14.9 Å². The number of aromatic nitrogens is 2. The van der Waals surface area contributed by atoms with Crippen molar-refractivity contribution in [2.75, 3.05) is 44.8 Å². The van der Waals surface area contributed by atoms with E-state index in [1.165, 1.54) is 11.3 Å². The molecule has 9 heteroatoms. The molecule has 1 N–H and O–H groups in total. The van der Waals surface area contributed by atoms with E-state index in [1.807, 2.05) is 18.2 Å². The smallest absolute Gasteiger partial charge is 0.348 e. The van der Waals surface area contributed by atoms with Crippen molar-refractivity contribution in [3.8, 4) is 5.75 Å². The van der Waals surface area contributed by atoms with Crippen molar-refractivity contribution in [1.29, 1.82) is 0 Å². The second-order valence-electron chi connectivity index (χ2n) is 7.40. The molecule has 1 fully saturated rings. The summed E-state index contributed by atoms with van der Waals surface area (Å²) in [5, 5.41) is 0.470. The van der Waals surface area contributed by atoms with E-state index < -0.39 is 5.97 Å². The Labute approximate surface area is 184 Å². The Kier molecular flexibility index (Phi) is 6.24. The van der Waals surface area contributed by atoms with Crippen LogP contribution in [0.2, 0.25) is 0 Å². The van der Waals surface area contributed by atoms with Gasteiger partial charge in [0.1, 0.15) is 21.3 Å². The molecular formula is C22H26N4O4S. The Morgan fingerprint density at radius 1 is 1.23 bits per heavy atom. The summed E-state index contributed by atoms with van der Waals surface area (Å²) in [4.78, 5) is 38.0. The van der Waals surface area contributed by atoms with Crippen LogP contribution in [0.3, 0.4) is 0 Å². The number of thiophene rings is 1. The van der Waals surface area contributed by atoms with Crippen LogP contribution in [-0.4, -0.2) is 60.7 Å². The molecule has 0 saturated carbocycles. The Morgan fingerprint density at radius 2 is 1.97 bits per heavy atom. The number of anilines is 1. The highest BCUT2D eigenvalue weighted by molar-refractivity contribution is 7.20. The second kappa shape index (κ2) is 9.07. The highest BCUT2D eigenvalue weighted by atomic mass is 32.1. The number of nitrogens with one attached hydrogen (secondary N) is 1. The normalized spacial score (nSPS) is 14.7. The maximum absolute atomic E-state index is 12.7. The number of H-pyrrole nitrogens is 1. The number of carbonyl (C=O) groups is 1. The summed E-state index contributed by atoms with van der Waals surface area (Å²) >= 11 is 1.22. The van der Waals surface area contributed by atoms with E-state index >= 15 is 0 Å². The first-order valence-corrected chi connectivity index (χ1v) is 11.1. The molecule has 31 heavy (non-hydrogen) atoms. The Bertz CT molecular complexity index is 1150. The lowest BCUT2D eigenvalue weighted by Crippen LogP contribution is -2.46. The molecule has 4 rings (SSSR count). The van der Waals surface area contributed by atoms with Crippen LogP contribution in [0.1, 0.15) is 28.0 Å². The largest absolute Gasteiger partial charge is 0.495 e. The van der Waals surface area contributed by atoms with Crippen molar-refractivity contribution in [2.45, 2.75) is 20.4 Å². The number of hydrogen-bond acceptors (Lipinski definition) is 8. The Hall–Kier alpha value is -2.91. The number of piperazine rings is 1. The van der Waals surface area contributed by atoms with Crippen LogP contribution >= 0.6 is 11.3 Å². The number of fused-ring (bicyclic) bond motifs is 1. The van der Waals surface area contributed by atoms with Crippen LogP contribution in [-0.2, 0) is 11.3 Å². The molecule has 164 valence electrons. The average molecular weight is 443 g/mol. The molecule has 0 spiro atoms. The van der Waals surface area contributed by atoms with Gasteiger partial charge in [0.25, 0.3) is 5.56 Å². The van der Waals surface area contributed by atoms with E-state index in [9.17, 15) is 9.59 Å².